The normalized spacial score (nSPS) is 9.88. The highest BCUT2D eigenvalue weighted by Crippen LogP contribution is 2.22. The Labute approximate surface area is 101 Å². The van der Waals surface area contributed by atoms with Gasteiger partial charge in [0.25, 0.3) is 0 Å². The van der Waals surface area contributed by atoms with Crippen LogP contribution in [0.4, 0.5) is 11.5 Å². The lowest BCUT2D eigenvalue weighted by Gasteiger charge is -2.06. The molecule has 16 heavy (non-hydrogen) atoms. The molecule has 5 nitrogen and oxygen atoms in total. The molecule has 2 rings (SSSR count). The minimum absolute atomic E-state index is 0.576. The Morgan fingerprint density at radius 2 is 2.12 bits per heavy atom. The van der Waals surface area contributed by atoms with Crippen LogP contribution >= 0.6 is 15.9 Å². The van der Waals surface area contributed by atoms with E-state index in [0.717, 1.165) is 10.2 Å². The van der Waals surface area contributed by atoms with Gasteiger partial charge in [0.1, 0.15) is 12.1 Å². The monoisotopic (exact) mass is 280 g/mol. The first-order valence-corrected chi connectivity index (χ1v) is 5.31. The second-order valence-corrected chi connectivity index (χ2v) is 3.79. The Morgan fingerprint density at radius 3 is 2.75 bits per heavy atom. The summed E-state index contributed by atoms with van der Waals surface area (Å²) in [6, 6.07) is 3.64. The minimum Gasteiger partial charge on any atom is -0.481 e. The molecule has 1 N–H and O–H groups in total. The lowest BCUT2D eigenvalue weighted by Crippen LogP contribution is -1.96. The van der Waals surface area contributed by atoms with E-state index in [9.17, 15) is 0 Å². The van der Waals surface area contributed by atoms with Gasteiger partial charge in [-0.1, -0.05) is 0 Å². The zero-order chi connectivity index (χ0) is 11.4. The molecular weight excluding hydrogens is 272 g/mol. The standard InChI is InChI=1S/C10H9BrN4O/c1-16-9-3-2-7(4-13-9)15-10-8(11)5-12-6-14-10/h2-6H,1H3,(H,12,14,15). The summed E-state index contributed by atoms with van der Waals surface area (Å²) in [5.74, 6) is 1.27. The van der Waals surface area contributed by atoms with Crippen molar-refractivity contribution in [2.75, 3.05) is 12.4 Å². The van der Waals surface area contributed by atoms with Crippen LogP contribution in [0.15, 0.2) is 35.3 Å². The first-order chi connectivity index (χ1) is 7.79. The van der Waals surface area contributed by atoms with Crippen LogP contribution in [0, 0.1) is 0 Å². The van der Waals surface area contributed by atoms with Gasteiger partial charge in [0.2, 0.25) is 5.88 Å². The van der Waals surface area contributed by atoms with Crippen LogP contribution in [0.1, 0.15) is 0 Å². The number of hydrogen-bond donors (Lipinski definition) is 1. The summed E-state index contributed by atoms with van der Waals surface area (Å²) < 4.78 is 5.77. The number of aromatic nitrogens is 3. The first-order valence-electron chi connectivity index (χ1n) is 4.52. The molecule has 0 bridgehead atoms. The number of methoxy groups -OCH3 is 1. The third kappa shape index (κ3) is 2.46. The van der Waals surface area contributed by atoms with Crippen molar-refractivity contribution < 1.29 is 4.74 Å². The van der Waals surface area contributed by atoms with Gasteiger partial charge in [-0.25, -0.2) is 15.0 Å². The van der Waals surface area contributed by atoms with E-state index in [1.165, 1.54) is 6.33 Å². The van der Waals surface area contributed by atoms with Gasteiger partial charge < -0.3 is 10.1 Å². The molecule has 0 aliphatic rings. The Kier molecular flexibility index (Phi) is 3.31. The van der Waals surface area contributed by atoms with E-state index in [0.29, 0.717) is 11.7 Å². The Morgan fingerprint density at radius 1 is 1.25 bits per heavy atom. The predicted molar refractivity (Wildman–Crippen MR) is 63.8 cm³/mol. The van der Waals surface area contributed by atoms with Crippen molar-refractivity contribution in [3.63, 3.8) is 0 Å². The first kappa shape index (κ1) is 10.8. The minimum atomic E-state index is 0.576. The van der Waals surface area contributed by atoms with Gasteiger partial charge in [0.05, 0.1) is 23.5 Å². The predicted octanol–water partition coefficient (Wildman–Crippen LogP) is 2.39. The summed E-state index contributed by atoms with van der Waals surface area (Å²) in [5, 5.41) is 3.11. The van der Waals surface area contributed by atoms with Gasteiger partial charge >= 0.3 is 0 Å². The molecule has 0 amide bonds. The zero-order valence-electron chi connectivity index (χ0n) is 8.51. The second kappa shape index (κ2) is 4.89. The van der Waals surface area contributed by atoms with Crippen LogP contribution in [0.25, 0.3) is 0 Å². The summed E-state index contributed by atoms with van der Waals surface area (Å²) in [7, 11) is 1.58. The molecule has 82 valence electrons. The zero-order valence-corrected chi connectivity index (χ0v) is 10.1. The van der Waals surface area contributed by atoms with Gasteiger partial charge in [0.15, 0.2) is 0 Å². The number of anilines is 2. The Hall–Kier alpha value is -1.69. The van der Waals surface area contributed by atoms with Crippen LogP contribution < -0.4 is 10.1 Å². The Bertz CT molecular complexity index is 475. The maximum Gasteiger partial charge on any atom is 0.213 e. The maximum absolute atomic E-state index is 4.97. The van der Waals surface area contributed by atoms with Crippen LogP contribution in [0.2, 0.25) is 0 Å². The van der Waals surface area contributed by atoms with E-state index >= 15 is 0 Å². The highest BCUT2D eigenvalue weighted by atomic mass is 79.9. The molecular formula is C10H9BrN4O. The van der Waals surface area contributed by atoms with Crippen molar-refractivity contribution in [1.29, 1.82) is 0 Å². The number of nitrogens with one attached hydrogen (secondary N) is 1. The molecule has 0 aliphatic carbocycles. The van der Waals surface area contributed by atoms with E-state index in [1.54, 1.807) is 25.6 Å². The van der Waals surface area contributed by atoms with Crippen molar-refractivity contribution in [2.24, 2.45) is 0 Å². The molecule has 0 spiro atoms. The lowest BCUT2D eigenvalue weighted by atomic mass is 10.4. The molecule has 0 aliphatic heterocycles. The van der Waals surface area contributed by atoms with Crippen molar-refractivity contribution in [1.82, 2.24) is 15.0 Å². The Balaban J connectivity index is 2.18. The molecule has 2 heterocycles. The number of nitrogens with zero attached hydrogens (tertiary/aromatic N) is 3. The van der Waals surface area contributed by atoms with E-state index in [-0.39, 0.29) is 0 Å². The van der Waals surface area contributed by atoms with Gasteiger partial charge in [-0.2, -0.15) is 0 Å². The van der Waals surface area contributed by atoms with Gasteiger partial charge in [-0.05, 0) is 22.0 Å². The largest absolute Gasteiger partial charge is 0.481 e. The molecule has 6 heteroatoms. The van der Waals surface area contributed by atoms with Crippen LogP contribution in [-0.4, -0.2) is 22.1 Å². The number of halogens is 1. The molecule has 0 atom stereocenters. The van der Waals surface area contributed by atoms with Crippen molar-refractivity contribution in [3.8, 4) is 5.88 Å². The highest BCUT2D eigenvalue weighted by molar-refractivity contribution is 9.10. The van der Waals surface area contributed by atoms with Gasteiger partial charge in [-0.3, -0.25) is 0 Å². The van der Waals surface area contributed by atoms with Crippen molar-refractivity contribution >= 4 is 27.4 Å². The average Bonchev–Trinajstić information content (AvgIpc) is 2.33. The number of hydrogen-bond acceptors (Lipinski definition) is 5. The third-order valence-corrected chi connectivity index (χ3v) is 2.46. The molecule has 2 aromatic heterocycles. The third-order valence-electron chi connectivity index (χ3n) is 1.88. The fourth-order valence-corrected chi connectivity index (χ4v) is 1.44. The van der Waals surface area contributed by atoms with Crippen LogP contribution in [-0.2, 0) is 0 Å². The summed E-state index contributed by atoms with van der Waals surface area (Å²) in [4.78, 5) is 12.0. The van der Waals surface area contributed by atoms with Gasteiger partial charge in [0, 0.05) is 12.3 Å². The number of ether oxygens (including phenoxy) is 1. The van der Waals surface area contributed by atoms with E-state index in [2.05, 4.69) is 36.2 Å². The van der Waals surface area contributed by atoms with Crippen molar-refractivity contribution in [2.45, 2.75) is 0 Å². The summed E-state index contributed by atoms with van der Waals surface area (Å²) in [6.45, 7) is 0. The molecule has 0 aromatic carbocycles. The highest BCUT2D eigenvalue weighted by Gasteiger charge is 2.01. The fourth-order valence-electron chi connectivity index (χ4n) is 1.12. The second-order valence-electron chi connectivity index (χ2n) is 2.93. The van der Waals surface area contributed by atoms with Crippen LogP contribution in [0.3, 0.4) is 0 Å². The molecule has 0 radical (unpaired) electrons. The average molecular weight is 281 g/mol. The summed E-state index contributed by atoms with van der Waals surface area (Å²) >= 11 is 3.35. The lowest BCUT2D eigenvalue weighted by molar-refractivity contribution is 0.398. The quantitative estimate of drug-likeness (QED) is 0.936. The molecule has 0 saturated carbocycles. The molecule has 0 saturated heterocycles. The summed E-state index contributed by atoms with van der Waals surface area (Å²) in [5.41, 5.74) is 0.834. The van der Waals surface area contributed by atoms with Crippen molar-refractivity contribution in [3.05, 3.63) is 35.3 Å². The molecule has 0 unspecified atom stereocenters. The SMILES string of the molecule is COc1ccc(Nc2ncncc2Br)cn1. The smallest absolute Gasteiger partial charge is 0.213 e. The topological polar surface area (TPSA) is 59.9 Å². The van der Waals surface area contributed by atoms with E-state index < -0.39 is 0 Å². The summed E-state index contributed by atoms with van der Waals surface area (Å²) in [6.07, 6.45) is 4.82. The fraction of sp³-hybridized carbons (Fsp3) is 0.100. The van der Waals surface area contributed by atoms with Gasteiger partial charge in [-0.15, -0.1) is 0 Å². The maximum atomic E-state index is 4.97. The van der Waals surface area contributed by atoms with E-state index in [1.807, 2.05) is 6.07 Å². The van der Waals surface area contributed by atoms with Crippen LogP contribution in [0.5, 0.6) is 5.88 Å². The molecule has 0 fully saturated rings. The van der Waals surface area contributed by atoms with E-state index in [4.69, 9.17) is 4.74 Å². The molecule has 2 aromatic rings. The number of pyridine rings is 1. The number of rotatable bonds is 3.